The molecule has 90 valence electrons. The van der Waals surface area contributed by atoms with Gasteiger partial charge in [0.2, 0.25) is 5.89 Å². The van der Waals surface area contributed by atoms with Crippen LogP contribution in [0.1, 0.15) is 19.7 Å². The molecule has 1 N–H and O–H groups in total. The van der Waals surface area contributed by atoms with Crippen LogP contribution in [0.5, 0.6) is 0 Å². The minimum atomic E-state index is 0.260. The highest BCUT2D eigenvalue weighted by atomic mass is 32.2. The van der Waals surface area contributed by atoms with E-state index in [1.165, 1.54) is 0 Å². The third-order valence-electron chi connectivity index (χ3n) is 2.48. The maximum absolute atomic E-state index is 5.59. The van der Waals surface area contributed by atoms with Crippen LogP contribution < -0.4 is 10.2 Å². The van der Waals surface area contributed by atoms with Crippen LogP contribution in [0.25, 0.3) is 0 Å². The Morgan fingerprint density at radius 1 is 1.50 bits per heavy atom. The zero-order valence-electron chi connectivity index (χ0n) is 9.99. The minimum absolute atomic E-state index is 0.260. The molecule has 1 fully saturated rings. The van der Waals surface area contributed by atoms with Gasteiger partial charge in [0, 0.05) is 23.6 Å². The maximum Gasteiger partial charge on any atom is 0.318 e. The average molecular weight is 242 g/mol. The topological polar surface area (TPSA) is 54.2 Å². The number of hydrogen-bond donors (Lipinski definition) is 1. The van der Waals surface area contributed by atoms with Gasteiger partial charge in [-0.1, -0.05) is 5.10 Å². The number of thioether (sulfide) groups is 1. The smallest absolute Gasteiger partial charge is 0.318 e. The highest BCUT2D eigenvalue weighted by Gasteiger charge is 2.29. The Balaban J connectivity index is 2.05. The van der Waals surface area contributed by atoms with Crippen molar-refractivity contribution in [3.05, 3.63) is 5.89 Å². The SMILES string of the molecule is CNCc1nnc(N2CCSC(C)(C)C2)o1. The van der Waals surface area contributed by atoms with E-state index in [2.05, 4.69) is 34.3 Å². The van der Waals surface area contributed by atoms with Crippen LogP contribution in [0.4, 0.5) is 6.01 Å². The Kier molecular flexibility index (Phi) is 3.39. The van der Waals surface area contributed by atoms with Crippen molar-refractivity contribution in [3.8, 4) is 0 Å². The van der Waals surface area contributed by atoms with Crippen LogP contribution >= 0.6 is 11.8 Å². The van der Waals surface area contributed by atoms with Crippen molar-refractivity contribution in [1.29, 1.82) is 0 Å². The fourth-order valence-electron chi connectivity index (χ4n) is 1.77. The van der Waals surface area contributed by atoms with E-state index in [4.69, 9.17) is 4.42 Å². The van der Waals surface area contributed by atoms with Crippen molar-refractivity contribution < 1.29 is 4.42 Å². The molecule has 1 saturated heterocycles. The first-order chi connectivity index (χ1) is 7.61. The lowest BCUT2D eigenvalue weighted by atomic mass is 10.2. The molecule has 2 heterocycles. The second kappa shape index (κ2) is 4.63. The summed E-state index contributed by atoms with van der Waals surface area (Å²) in [6, 6.07) is 0.652. The summed E-state index contributed by atoms with van der Waals surface area (Å²) in [5.74, 6) is 1.75. The first-order valence-electron chi connectivity index (χ1n) is 5.46. The molecule has 0 bridgehead atoms. The van der Waals surface area contributed by atoms with Crippen LogP contribution in [0.2, 0.25) is 0 Å². The van der Waals surface area contributed by atoms with Gasteiger partial charge in [0.15, 0.2) is 0 Å². The van der Waals surface area contributed by atoms with Crippen LogP contribution in [0.15, 0.2) is 4.42 Å². The van der Waals surface area contributed by atoms with E-state index in [9.17, 15) is 0 Å². The van der Waals surface area contributed by atoms with Gasteiger partial charge in [-0.2, -0.15) is 11.8 Å². The van der Waals surface area contributed by atoms with E-state index in [1.54, 1.807) is 0 Å². The molecule has 0 amide bonds. The van der Waals surface area contributed by atoms with E-state index in [1.807, 2.05) is 18.8 Å². The van der Waals surface area contributed by atoms with E-state index >= 15 is 0 Å². The monoisotopic (exact) mass is 242 g/mol. The van der Waals surface area contributed by atoms with E-state index in [0.717, 1.165) is 18.8 Å². The molecule has 1 aromatic rings. The summed E-state index contributed by atoms with van der Waals surface area (Å²) in [5.41, 5.74) is 0. The van der Waals surface area contributed by atoms with Crippen molar-refractivity contribution >= 4 is 17.8 Å². The fourth-order valence-corrected chi connectivity index (χ4v) is 2.89. The third-order valence-corrected chi connectivity index (χ3v) is 3.78. The summed E-state index contributed by atoms with van der Waals surface area (Å²) < 4.78 is 5.85. The molecular formula is C10H18N4OS. The molecule has 1 aliphatic rings. The second-order valence-corrected chi connectivity index (χ2v) is 6.34. The number of rotatable bonds is 3. The highest BCUT2D eigenvalue weighted by molar-refractivity contribution is 8.00. The maximum atomic E-state index is 5.59. The lowest BCUT2D eigenvalue weighted by Gasteiger charge is -2.36. The molecule has 0 aromatic carbocycles. The second-order valence-electron chi connectivity index (χ2n) is 4.54. The summed E-state index contributed by atoms with van der Waals surface area (Å²) in [7, 11) is 1.87. The zero-order chi connectivity index (χ0) is 11.6. The molecule has 6 heteroatoms. The van der Waals surface area contributed by atoms with Crippen LogP contribution in [-0.2, 0) is 6.54 Å². The largest absolute Gasteiger partial charge is 0.407 e. The molecule has 2 rings (SSSR count). The molecule has 0 atom stereocenters. The standard InChI is InChI=1S/C10H18N4OS/c1-10(2)7-14(4-5-16-10)9-13-12-8(15-9)6-11-3/h11H,4-7H2,1-3H3. The van der Waals surface area contributed by atoms with Gasteiger partial charge < -0.3 is 14.6 Å². The minimum Gasteiger partial charge on any atom is -0.407 e. The Labute approximate surface area is 100.0 Å². The zero-order valence-corrected chi connectivity index (χ0v) is 10.8. The van der Waals surface area contributed by atoms with Gasteiger partial charge in [-0.05, 0) is 20.9 Å². The van der Waals surface area contributed by atoms with Gasteiger partial charge in [-0.3, -0.25) is 0 Å². The van der Waals surface area contributed by atoms with Gasteiger partial charge in [0.1, 0.15) is 0 Å². The number of anilines is 1. The molecule has 1 aromatic heterocycles. The van der Waals surface area contributed by atoms with Crippen LogP contribution in [-0.4, -0.2) is 40.8 Å². The van der Waals surface area contributed by atoms with Crippen molar-refractivity contribution in [3.63, 3.8) is 0 Å². The Hall–Kier alpha value is -0.750. The molecular weight excluding hydrogens is 224 g/mol. The molecule has 5 nitrogen and oxygen atoms in total. The Bertz CT molecular complexity index is 352. The molecule has 1 aliphatic heterocycles. The lowest BCUT2D eigenvalue weighted by Crippen LogP contribution is -2.43. The molecule has 0 spiro atoms. The number of nitrogens with zero attached hydrogens (tertiary/aromatic N) is 3. The first-order valence-corrected chi connectivity index (χ1v) is 6.45. The molecule has 0 unspecified atom stereocenters. The van der Waals surface area contributed by atoms with Crippen molar-refractivity contribution in [2.75, 3.05) is 30.8 Å². The van der Waals surface area contributed by atoms with Crippen LogP contribution in [0.3, 0.4) is 0 Å². The molecule has 0 radical (unpaired) electrons. The van der Waals surface area contributed by atoms with Crippen LogP contribution in [0, 0.1) is 0 Å². The molecule has 0 aliphatic carbocycles. The summed E-state index contributed by atoms with van der Waals surface area (Å²) in [4.78, 5) is 2.17. The van der Waals surface area contributed by atoms with Crippen molar-refractivity contribution in [1.82, 2.24) is 15.5 Å². The predicted molar refractivity (Wildman–Crippen MR) is 65.8 cm³/mol. The van der Waals surface area contributed by atoms with Gasteiger partial charge in [0.05, 0.1) is 6.54 Å². The first kappa shape index (κ1) is 11.7. The summed E-state index contributed by atoms with van der Waals surface area (Å²) in [6.07, 6.45) is 0. The number of hydrogen-bond acceptors (Lipinski definition) is 6. The summed E-state index contributed by atoms with van der Waals surface area (Å²) in [6.45, 7) is 7.05. The Morgan fingerprint density at radius 3 is 3.00 bits per heavy atom. The van der Waals surface area contributed by atoms with Gasteiger partial charge in [-0.15, -0.1) is 5.10 Å². The quantitative estimate of drug-likeness (QED) is 0.857. The van der Waals surface area contributed by atoms with Crippen molar-refractivity contribution in [2.45, 2.75) is 25.1 Å². The fraction of sp³-hybridized carbons (Fsp3) is 0.800. The third kappa shape index (κ3) is 2.68. The van der Waals surface area contributed by atoms with Gasteiger partial charge >= 0.3 is 6.01 Å². The lowest BCUT2D eigenvalue weighted by molar-refractivity contribution is 0.464. The Morgan fingerprint density at radius 2 is 2.31 bits per heavy atom. The number of aromatic nitrogens is 2. The average Bonchev–Trinajstić information content (AvgIpc) is 2.65. The summed E-state index contributed by atoms with van der Waals surface area (Å²) >= 11 is 1.99. The van der Waals surface area contributed by atoms with E-state index in [-0.39, 0.29) is 4.75 Å². The van der Waals surface area contributed by atoms with E-state index < -0.39 is 0 Å². The van der Waals surface area contributed by atoms with E-state index in [0.29, 0.717) is 18.5 Å². The molecule has 0 saturated carbocycles. The number of nitrogens with one attached hydrogen (secondary N) is 1. The predicted octanol–water partition coefficient (Wildman–Crippen LogP) is 1.12. The molecule has 16 heavy (non-hydrogen) atoms. The summed E-state index contributed by atoms with van der Waals surface area (Å²) in [5, 5.41) is 11.1. The van der Waals surface area contributed by atoms with Gasteiger partial charge in [0.25, 0.3) is 0 Å². The van der Waals surface area contributed by atoms with Crippen molar-refractivity contribution in [2.24, 2.45) is 0 Å². The van der Waals surface area contributed by atoms with Gasteiger partial charge in [-0.25, -0.2) is 0 Å². The normalized spacial score (nSPS) is 20.1. The highest BCUT2D eigenvalue weighted by Crippen LogP contribution is 2.31.